The van der Waals surface area contributed by atoms with Crippen molar-refractivity contribution in [1.29, 1.82) is 0 Å². The molecule has 6 rings (SSSR count). The smallest absolute Gasteiger partial charge is 0.173 e. The highest BCUT2D eigenvalue weighted by molar-refractivity contribution is 5.97. The fourth-order valence-corrected chi connectivity index (χ4v) is 5.13. The molecule has 4 atom stereocenters. The number of pyridine rings is 1. The Hall–Kier alpha value is -3.80. The molecule has 1 saturated heterocycles. The predicted molar refractivity (Wildman–Crippen MR) is 144 cm³/mol. The molecule has 11 heteroatoms. The molecule has 38 heavy (non-hydrogen) atoms. The number of likely N-dealkylation sites (N-methyl/N-ethyl adjacent to an activating group) is 1. The van der Waals surface area contributed by atoms with Gasteiger partial charge in [-0.2, -0.15) is 0 Å². The van der Waals surface area contributed by atoms with Gasteiger partial charge in [0.1, 0.15) is 48.2 Å². The minimum absolute atomic E-state index is 0.0318. The number of aliphatic hydroxyl groups is 1. The number of aliphatic hydroxyl groups excluding tert-OH is 1. The molecule has 0 spiro atoms. The molecule has 2 aliphatic heterocycles. The summed E-state index contributed by atoms with van der Waals surface area (Å²) in [7, 11) is 3.87. The molecule has 0 saturated carbocycles. The van der Waals surface area contributed by atoms with E-state index in [0.29, 0.717) is 22.6 Å². The summed E-state index contributed by atoms with van der Waals surface area (Å²) in [6, 6.07) is 9.39. The Labute approximate surface area is 218 Å². The second-order valence-electron chi connectivity index (χ2n) is 9.76. The first-order chi connectivity index (χ1) is 18.4. The Balaban J connectivity index is 1.25. The summed E-state index contributed by atoms with van der Waals surface area (Å²) in [5.41, 5.74) is 9.44. The maximum atomic E-state index is 15.5. The van der Waals surface area contributed by atoms with E-state index in [1.165, 1.54) is 6.33 Å². The second kappa shape index (κ2) is 9.82. The summed E-state index contributed by atoms with van der Waals surface area (Å²) >= 11 is 0. The summed E-state index contributed by atoms with van der Waals surface area (Å²) < 4.78 is 29.1. The number of ether oxygens (including phenoxy) is 2. The van der Waals surface area contributed by atoms with Crippen molar-refractivity contribution in [3.63, 3.8) is 0 Å². The molecule has 1 aromatic carbocycles. The van der Waals surface area contributed by atoms with Crippen molar-refractivity contribution in [3.05, 3.63) is 54.5 Å². The summed E-state index contributed by atoms with van der Waals surface area (Å²) in [5, 5.41) is 15.4. The average Bonchev–Trinajstić information content (AvgIpc) is 3.45. The van der Waals surface area contributed by atoms with Gasteiger partial charge >= 0.3 is 0 Å². The lowest BCUT2D eigenvalue weighted by atomic mass is 10.00. The van der Waals surface area contributed by atoms with Crippen LogP contribution >= 0.6 is 0 Å². The summed E-state index contributed by atoms with van der Waals surface area (Å²) in [4.78, 5) is 15.3. The van der Waals surface area contributed by atoms with E-state index in [1.807, 2.05) is 36.5 Å². The van der Waals surface area contributed by atoms with Gasteiger partial charge in [-0.25, -0.2) is 19.3 Å². The summed E-state index contributed by atoms with van der Waals surface area (Å²) in [6.07, 6.45) is 1.09. The number of nitrogen functional groups attached to an aromatic ring is 1. The van der Waals surface area contributed by atoms with E-state index in [9.17, 15) is 5.11 Å². The van der Waals surface area contributed by atoms with E-state index in [1.54, 1.807) is 11.6 Å². The number of hydrogen-bond donors (Lipinski definition) is 3. The topological polar surface area (TPSA) is 124 Å². The van der Waals surface area contributed by atoms with Gasteiger partial charge < -0.3 is 35.1 Å². The maximum Gasteiger partial charge on any atom is 0.173 e. The van der Waals surface area contributed by atoms with Crippen LogP contribution in [0, 0.1) is 0 Å². The molecule has 0 radical (unpaired) electrons. The van der Waals surface area contributed by atoms with Gasteiger partial charge in [0.05, 0.1) is 10.9 Å². The van der Waals surface area contributed by atoms with Gasteiger partial charge in [-0.15, -0.1) is 0 Å². The average molecular weight is 520 g/mol. The first-order valence-electron chi connectivity index (χ1n) is 12.6. The van der Waals surface area contributed by atoms with Crippen molar-refractivity contribution in [2.45, 2.75) is 31.0 Å². The van der Waals surface area contributed by atoms with Gasteiger partial charge in [-0.05, 0) is 43.3 Å². The Morgan fingerprint density at radius 2 is 2.11 bits per heavy atom. The van der Waals surface area contributed by atoms with Gasteiger partial charge in [0.25, 0.3) is 0 Å². The molecule has 198 valence electrons. The quantitative estimate of drug-likeness (QED) is 0.353. The third-order valence-electron chi connectivity index (χ3n) is 7.30. The first-order valence-corrected chi connectivity index (χ1v) is 12.6. The molecular formula is C27H30FN7O3. The molecule has 4 N–H and O–H groups in total. The number of nitrogens with two attached hydrogens (primary N) is 1. The predicted octanol–water partition coefficient (Wildman–Crippen LogP) is 3.00. The van der Waals surface area contributed by atoms with Crippen LogP contribution in [-0.4, -0.2) is 81.7 Å². The molecule has 0 bridgehead atoms. The standard InChI is InChI=1S/C27H30FN7O3/c1-30-21-6-4-16-3-5-17(11-19(16)33-21)37-13-20-24(36)23(28)27(38-20)35-12-18(15-7-9-34(2)10-8-15)22-25(29)31-14-32-26(22)35/h3-7,11-12,14,20,23-24,27,36H,8-10,13H2,1-2H3,(H,30,33)(H2,29,31,32)/t20-,23+,24-,27-/m1/s1. The molecular weight excluding hydrogens is 489 g/mol. The van der Waals surface area contributed by atoms with E-state index in [-0.39, 0.29) is 6.61 Å². The Kier molecular flexibility index (Phi) is 6.34. The maximum absolute atomic E-state index is 15.5. The minimum Gasteiger partial charge on any atom is -0.491 e. The van der Waals surface area contributed by atoms with Crippen molar-refractivity contribution in [2.24, 2.45) is 0 Å². The number of anilines is 2. The van der Waals surface area contributed by atoms with Crippen molar-refractivity contribution in [3.8, 4) is 5.75 Å². The van der Waals surface area contributed by atoms with Gasteiger partial charge in [-0.1, -0.05) is 6.08 Å². The molecule has 1 fully saturated rings. The van der Waals surface area contributed by atoms with E-state index in [0.717, 1.165) is 47.4 Å². The molecule has 3 aromatic heterocycles. The SMILES string of the molecule is CNc1ccc2ccc(OC[C@H]3O[C@@H](n4cc(C5=CCN(C)CC5)c5c(N)ncnc54)[C@@H](F)[C@@H]3O)cc2n1. The van der Waals surface area contributed by atoms with Crippen LogP contribution in [0.3, 0.4) is 0 Å². The van der Waals surface area contributed by atoms with Crippen molar-refractivity contribution < 1.29 is 19.0 Å². The van der Waals surface area contributed by atoms with Crippen LogP contribution in [0.25, 0.3) is 27.5 Å². The zero-order valence-electron chi connectivity index (χ0n) is 21.2. The lowest BCUT2D eigenvalue weighted by Crippen LogP contribution is -2.32. The monoisotopic (exact) mass is 519 g/mol. The van der Waals surface area contributed by atoms with E-state index >= 15 is 4.39 Å². The van der Waals surface area contributed by atoms with Crippen LogP contribution in [0.15, 0.2) is 48.9 Å². The number of aromatic nitrogens is 4. The molecule has 5 heterocycles. The Morgan fingerprint density at radius 1 is 1.26 bits per heavy atom. The Morgan fingerprint density at radius 3 is 2.89 bits per heavy atom. The van der Waals surface area contributed by atoms with Crippen molar-refractivity contribution in [2.75, 3.05) is 44.8 Å². The van der Waals surface area contributed by atoms with Crippen molar-refractivity contribution >= 4 is 39.1 Å². The van der Waals surface area contributed by atoms with Gasteiger partial charge in [-0.3, -0.25) is 0 Å². The molecule has 0 unspecified atom stereocenters. The number of rotatable bonds is 6. The number of hydrogen-bond acceptors (Lipinski definition) is 9. The normalized spacial score (nSPS) is 24.2. The lowest BCUT2D eigenvalue weighted by Gasteiger charge is -2.21. The Bertz CT molecular complexity index is 1520. The fourth-order valence-electron chi connectivity index (χ4n) is 5.13. The van der Waals surface area contributed by atoms with Crippen LogP contribution in [0.1, 0.15) is 18.2 Å². The van der Waals surface area contributed by atoms with Crippen LogP contribution < -0.4 is 15.8 Å². The lowest BCUT2D eigenvalue weighted by molar-refractivity contribution is -0.0410. The number of nitrogens with one attached hydrogen (secondary N) is 1. The van der Waals surface area contributed by atoms with E-state index < -0.39 is 24.6 Å². The molecule has 2 aliphatic rings. The van der Waals surface area contributed by atoms with Gasteiger partial charge in [0.2, 0.25) is 0 Å². The van der Waals surface area contributed by atoms with E-state index in [2.05, 4.69) is 38.3 Å². The highest BCUT2D eigenvalue weighted by atomic mass is 19.1. The second-order valence-corrected chi connectivity index (χ2v) is 9.76. The number of fused-ring (bicyclic) bond motifs is 2. The number of nitrogens with zero attached hydrogens (tertiary/aromatic N) is 5. The highest BCUT2D eigenvalue weighted by Gasteiger charge is 2.46. The van der Waals surface area contributed by atoms with Crippen LogP contribution in [0.2, 0.25) is 0 Å². The minimum atomic E-state index is -1.69. The highest BCUT2D eigenvalue weighted by Crippen LogP contribution is 2.39. The largest absolute Gasteiger partial charge is 0.491 e. The zero-order valence-corrected chi connectivity index (χ0v) is 21.2. The number of halogens is 1. The van der Waals surface area contributed by atoms with Gasteiger partial charge in [0.15, 0.2) is 12.4 Å². The van der Waals surface area contributed by atoms with Crippen LogP contribution in [0.5, 0.6) is 5.75 Å². The molecule has 4 aromatic rings. The molecule has 0 aliphatic carbocycles. The van der Waals surface area contributed by atoms with Crippen LogP contribution in [-0.2, 0) is 4.74 Å². The third-order valence-corrected chi connectivity index (χ3v) is 7.30. The molecule has 10 nitrogen and oxygen atoms in total. The first kappa shape index (κ1) is 24.5. The summed E-state index contributed by atoms with van der Waals surface area (Å²) in [6.45, 7) is 1.67. The summed E-state index contributed by atoms with van der Waals surface area (Å²) in [5.74, 6) is 1.62. The van der Waals surface area contributed by atoms with E-state index in [4.69, 9.17) is 15.2 Å². The van der Waals surface area contributed by atoms with Crippen LogP contribution in [0.4, 0.5) is 16.0 Å². The van der Waals surface area contributed by atoms with Crippen molar-refractivity contribution in [1.82, 2.24) is 24.4 Å². The number of alkyl halides is 1. The fraction of sp³-hybridized carbons (Fsp3) is 0.370. The third kappa shape index (κ3) is 4.32. The van der Waals surface area contributed by atoms with Gasteiger partial charge in [0, 0.05) is 43.4 Å². The zero-order chi connectivity index (χ0) is 26.4. The molecule has 0 amide bonds. The number of benzene rings is 1.